The molecule has 108 valence electrons. The van der Waals surface area contributed by atoms with Gasteiger partial charge in [-0.1, -0.05) is 13.3 Å². The summed E-state index contributed by atoms with van der Waals surface area (Å²) in [4.78, 5) is 16.9. The third kappa shape index (κ3) is 2.77. The third-order valence-electron chi connectivity index (χ3n) is 4.39. The molecule has 0 bridgehead atoms. The van der Waals surface area contributed by atoms with Crippen LogP contribution in [0.25, 0.3) is 11.0 Å². The Morgan fingerprint density at radius 1 is 1.20 bits per heavy atom. The second-order valence-electron chi connectivity index (χ2n) is 5.73. The number of halogens is 1. The molecule has 0 unspecified atom stereocenters. The molecule has 1 aliphatic carbocycles. The summed E-state index contributed by atoms with van der Waals surface area (Å²) in [7, 11) is 0. The van der Waals surface area contributed by atoms with E-state index in [-0.39, 0.29) is 5.69 Å². The van der Waals surface area contributed by atoms with Gasteiger partial charge in [0.15, 0.2) is 0 Å². The molecular weight excluding hydrogens is 318 g/mol. The molecule has 0 aliphatic heterocycles. The smallest absolute Gasteiger partial charge is 0.323 e. The summed E-state index contributed by atoms with van der Waals surface area (Å²) in [5.74, 6) is 0.903. The van der Waals surface area contributed by atoms with E-state index in [1.54, 1.807) is 0 Å². The average Bonchev–Trinajstić information content (AvgIpc) is 2.79. The Labute approximate surface area is 126 Å². The first kappa shape index (κ1) is 13.7. The standard InChI is InChI=1S/C15H20BrN3O/c1-2-9-3-5-10(6-4-9)17-12-8-14-13(7-11(12)16)18-15(20)19-14/h7-10,17H,2-6H2,1H3,(H2,18,19,20). The third-order valence-corrected chi connectivity index (χ3v) is 5.04. The second kappa shape index (κ2) is 5.64. The van der Waals surface area contributed by atoms with Crippen LogP contribution in [0.3, 0.4) is 0 Å². The van der Waals surface area contributed by atoms with Crippen molar-refractivity contribution in [3.05, 3.63) is 27.1 Å². The first-order valence-corrected chi connectivity index (χ1v) is 8.13. The van der Waals surface area contributed by atoms with E-state index in [4.69, 9.17) is 0 Å². The van der Waals surface area contributed by atoms with Crippen LogP contribution in [-0.4, -0.2) is 16.0 Å². The monoisotopic (exact) mass is 337 g/mol. The highest BCUT2D eigenvalue weighted by Crippen LogP contribution is 2.32. The lowest BCUT2D eigenvalue weighted by Crippen LogP contribution is -2.26. The Morgan fingerprint density at radius 3 is 2.50 bits per heavy atom. The van der Waals surface area contributed by atoms with Gasteiger partial charge in [0.1, 0.15) is 0 Å². The molecule has 1 fully saturated rings. The van der Waals surface area contributed by atoms with Crippen LogP contribution in [-0.2, 0) is 0 Å². The molecule has 0 saturated heterocycles. The van der Waals surface area contributed by atoms with Crippen LogP contribution in [0.15, 0.2) is 21.4 Å². The second-order valence-corrected chi connectivity index (χ2v) is 6.58. The SMILES string of the molecule is CCC1CCC(Nc2cc3[nH]c(=O)[nH]c3cc2Br)CC1. The highest BCUT2D eigenvalue weighted by atomic mass is 79.9. The number of aromatic amines is 2. The number of benzene rings is 1. The number of nitrogens with one attached hydrogen (secondary N) is 3. The van der Waals surface area contributed by atoms with E-state index in [0.29, 0.717) is 6.04 Å². The minimum Gasteiger partial charge on any atom is -0.381 e. The summed E-state index contributed by atoms with van der Waals surface area (Å²) in [5, 5.41) is 3.61. The fourth-order valence-electron chi connectivity index (χ4n) is 3.10. The summed E-state index contributed by atoms with van der Waals surface area (Å²) in [6.45, 7) is 2.28. The van der Waals surface area contributed by atoms with Crippen molar-refractivity contribution in [2.45, 2.75) is 45.1 Å². The minimum atomic E-state index is -0.160. The molecule has 3 rings (SSSR count). The molecular formula is C15H20BrN3O. The molecule has 1 heterocycles. The minimum absolute atomic E-state index is 0.160. The van der Waals surface area contributed by atoms with Gasteiger partial charge >= 0.3 is 5.69 Å². The maximum absolute atomic E-state index is 11.3. The quantitative estimate of drug-likeness (QED) is 0.792. The number of imidazole rings is 1. The normalized spacial score (nSPS) is 23.1. The fourth-order valence-corrected chi connectivity index (χ4v) is 3.56. The molecule has 3 N–H and O–H groups in total. The molecule has 1 saturated carbocycles. The van der Waals surface area contributed by atoms with E-state index in [1.165, 1.54) is 32.1 Å². The van der Waals surface area contributed by atoms with Crippen LogP contribution in [0.5, 0.6) is 0 Å². The van der Waals surface area contributed by atoms with Crippen molar-refractivity contribution in [3.8, 4) is 0 Å². The molecule has 20 heavy (non-hydrogen) atoms. The van der Waals surface area contributed by atoms with E-state index in [2.05, 4.69) is 38.1 Å². The van der Waals surface area contributed by atoms with E-state index in [0.717, 1.165) is 27.1 Å². The zero-order chi connectivity index (χ0) is 14.1. The molecule has 2 aromatic rings. The van der Waals surface area contributed by atoms with Gasteiger partial charge in [-0.15, -0.1) is 0 Å². The largest absolute Gasteiger partial charge is 0.381 e. The Balaban J connectivity index is 1.77. The van der Waals surface area contributed by atoms with Crippen molar-refractivity contribution in [2.75, 3.05) is 5.32 Å². The summed E-state index contributed by atoms with van der Waals surface area (Å²) in [5.41, 5.74) is 2.59. The van der Waals surface area contributed by atoms with Gasteiger partial charge in [0, 0.05) is 10.5 Å². The lowest BCUT2D eigenvalue weighted by atomic mass is 9.84. The Kier molecular flexibility index (Phi) is 3.87. The molecule has 1 aliphatic rings. The lowest BCUT2D eigenvalue weighted by molar-refractivity contribution is 0.330. The number of fused-ring (bicyclic) bond motifs is 1. The van der Waals surface area contributed by atoms with Crippen LogP contribution in [0, 0.1) is 5.92 Å². The molecule has 0 radical (unpaired) electrons. The van der Waals surface area contributed by atoms with Gasteiger partial charge in [0.2, 0.25) is 0 Å². The Hall–Kier alpha value is -1.23. The Morgan fingerprint density at radius 2 is 1.85 bits per heavy atom. The summed E-state index contributed by atoms with van der Waals surface area (Å²) in [6.07, 6.45) is 6.39. The van der Waals surface area contributed by atoms with Gasteiger partial charge in [-0.25, -0.2) is 4.79 Å². The van der Waals surface area contributed by atoms with Crippen LogP contribution >= 0.6 is 15.9 Å². The van der Waals surface area contributed by atoms with Crippen molar-refractivity contribution in [2.24, 2.45) is 5.92 Å². The van der Waals surface area contributed by atoms with Gasteiger partial charge in [-0.2, -0.15) is 0 Å². The number of anilines is 1. The molecule has 5 heteroatoms. The zero-order valence-corrected chi connectivity index (χ0v) is 13.2. The molecule has 0 amide bonds. The fraction of sp³-hybridized carbons (Fsp3) is 0.533. The van der Waals surface area contributed by atoms with Crippen LogP contribution in [0.1, 0.15) is 39.0 Å². The van der Waals surface area contributed by atoms with Gasteiger partial charge in [-0.3, -0.25) is 0 Å². The van der Waals surface area contributed by atoms with Gasteiger partial charge < -0.3 is 15.3 Å². The first-order chi connectivity index (χ1) is 9.65. The number of rotatable bonds is 3. The van der Waals surface area contributed by atoms with E-state index < -0.39 is 0 Å². The average molecular weight is 338 g/mol. The number of hydrogen-bond acceptors (Lipinski definition) is 2. The van der Waals surface area contributed by atoms with E-state index in [9.17, 15) is 4.79 Å². The summed E-state index contributed by atoms with van der Waals surface area (Å²) in [6, 6.07) is 4.49. The maximum atomic E-state index is 11.3. The topological polar surface area (TPSA) is 60.7 Å². The number of aromatic nitrogens is 2. The molecule has 1 aromatic heterocycles. The summed E-state index contributed by atoms with van der Waals surface area (Å²) < 4.78 is 0.998. The zero-order valence-electron chi connectivity index (χ0n) is 11.6. The van der Waals surface area contributed by atoms with Gasteiger partial charge in [0.05, 0.1) is 16.7 Å². The van der Waals surface area contributed by atoms with Crippen molar-refractivity contribution < 1.29 is 0 Å². The van der Waals surface area contributed by atoms with Gasteiger partial charge in [0.25, 0.3) is 0 Å². The molecule has 0 spiro atoms. The molecule has 4 nitrogen and oxygen atoms in total. The number of H-pyrrole nitrogens is 2. The Bertz CT molecular complexity index is 653. The van der Waals surface area contributed by atoms with Crippen LogP contribution in [0.2, 0.25) is 0 Å². The highest BCUT2D eigenvalue weighted by molar-refractivity contribution is 9.10. The van der Waals surface area contributed by atoms with Crippen LogP contribution < -0.4 is 11.0 Å². The molecule has 0 atom stereocenters. The van der Waals surface area contributed by atoms with Crippen molar-refractivity contribution in [1.82, 2.24) is 9.97 Å². The lowest BCUT2D eigenvalue weighted by Gasteiger charge is -2.29. The number of hydrogen-bond donors (Lipinski definition) is 3. The van der Waals surface area contributed by atoms with Crippen LogP contribution in [0.4, 0.5) is 5.69 Å². The first-order valence-electron chi connectivity index (χ1n) is 7.33. The summed E-state index contributed by atoms with van der Waals surface area (Å²) >= 11 is 3.58. The predicted octanol–water partition coefficient (Wildman–Crippen LogP) is 4.00. The van der Waals surface area contributed by atoms with Crippen molar-refractivity contribution >= 4 is 32.7 Å². The van der Waals surface area contributed by atoms with E-state index >= 15 is 0 Å². The molecule has 1 aromatic carbocycles. The van der Waals surface area contributed by atoms with Crippen molar-refractivity contribution in [1.29, 1.82) is 0 Å². The maximum Gasteiger partial charge on any atom is 0.323 e. The van der Waals surface area contributed by atoms with E-state index in [1.807, 2.05) is 12.1 Å². The predicted molar refractivity (Wildman–Crippen MR) is 86.3 cm³/mol. The highest BCUT2D eigenvalue weighted by Gasteiger charge is 2.20. The van der Waals surface area contributed by atoms with Crippen molar-refractivity contribution in [3.63, 3.8) is 0 Å². The van der Waals surface area contributed by atoms with Gasteiger partial charge in [-0.05, 0) is 59.7 Å².